The number of rotatable bonds is 7. The molecule has 0 spiro atoms. The van der Waals surface area contributed by atoms with Crippen molar-refractivity contribution in [3.05, 3.63) is 24.3 Å². The second kappa shape index (κ2) is 9.59. The highest BCUT2D eigenvalue weighted by Gasteiger charge is 2.32. The summed E-state index contributed by atoms with van der Waals surface area (Å²) in [5.41, 5.74) is 1.76. The SMILES string of the molecule is COCCCNC(=O)[C@H]1CCCN(C2CCN(c3nc4ccccc4o3)CC2)C1. The maximum atomic E-state index is 12.5. The number of anilines is 1. The molecule has 2 aliphatic heterocycles. The number of methoxy groups -OCH3 is 1. The molecule has 7 nitrogen and oxygen atoms in total. The van der Waals surface area contributed by atoms with Crippen molar-refractivity contribution in [1.82, 2.24) is 15.2 Å². The van der Waals surface area contributed by atoms with Gasteiger partial charge in [-0.25, -0.2) is 0 Å². The zero-order valence-corrected chi connectivity index (χ0v) is 17.3. The van der Waals surface area contributed by atoms with E-state index in [0.29, 0.717) is 19.2 Å². The fourth-order valence-corrected chi connectivity index (χ4v) is 4.54. The van der Waals surface area contributed by atoms with E-state index >= 15 is 0 Å². The predicted octanol–water partition coefficient (Wildman–Crippen LogP) is 2.66. The van der Waals surface area contributed by atoms with Gasteiger partial charge in [0.05, 0.1) is 5.92 Å². The lowest BCUT2D eigenvalue weighted by Gasteiger charge is -2.41. The standard InChI is InChI=1S/C22H32N4O3/c1-28-15-5-11-23-21(27)17-6-4-12-26(16-17)18-9-13-25(14-10-18)22-24-19-7-2-3-8-20(19)29-22/h2-3,7-8,17-18H,4-6,9-16H2,1H3,(H,23,27)/t17-/m0/s1. The first-order chi connectivity index (χ1) is 14.2. The highest BCUT2D eigenvalue weighted by Crippen LogP contribution is 2.28. The van der Waals surface area contributed by atoms with E-state index in [0.717, 1.165) is 75.4 Å². The topological polar surface area (TPSA) is 70.8 Å². The number of hydrogen-bond donors (Lipinski definition) is 1. The van der Waals surface area contributed by atoms with Crippen LogP contribution in [0.15, 0.2) is 28.7 Å². The first-order valence-corrected chi connectivity index (χ1v) is 10.9. The van der Waals surface area contributed by atoms with Crippen molar-refractivity contribution in [3.63, 3.8) is 0 Å². The number of likely N-dealkylation sites (tertiary alicyclic amines) is 1. The van der Waals surface area contributed by atoms with E-state index in [4.69, 9.17) is 9.15 Å². The molecule has 2 aromatic rings. The fraction of sp³-hybridized carbons (Fsp3) is 0.636. The van der Waals surface area contributed by atoms with Crippen molar-refractivity contribution in [3.8, 4) is 0 Å². The van der Waals surface area contributed by atoms with Gasteiger partial charge >= 0.3 is 0 Å². The molecule has 29 heavy (non-hydrogen) atoms. The van der Waals surface area contributed by atoms with Gasteiger partial charge in [-0.3, -0.25) is 9.69 Å². The van der Waals surface area contributed by atoms with Crippen LogP contribution in [0.4, 0.5) is 6.01 Å². The van der Waals surface area contributed by atoms with Gasteiger partial charge in [0.2, 0.25) is 5.91 Å². The van der Waals surface area contributed by atoms with Crippen molar-refractivity contribution in [2.75, 3.05) is 51.3 Å². The van der Waals surface area contributed by atoms with Crippen LogP contribution in [0.5, 0.6) is 0 Å². The Bertz CT molecular complexity index is 767. The molecule has 0 bridgehead atoms. The average Bonchev–Trinajstić information content (AvgIpc) is 3.21. The van der Waals surface area contributed by atoms with Crippen LogP contribution in [0.2, 0.25) is 0 Å². The number of ether oxygens (including phenoxy) is 1. The van der Waals surface area contributed by atoms with Crippen LogP contribution in [-0.2, 0) is 9.53 Å². The molecule has 158 valence electrons. The van der Waals surface area contributed by atoms with Gasteiger partial charge in [0.25, 0.3) is 6.01 Å². The van der Waals surface area contributed by atoms with Crippen molar-refractivity contribution in [2.24, 2.45) is 5.92 Å². The summed E-state index contributed by atoms with van der Waals surface area (Å²) in [4.78, 5) is 21.9. The summed E-state index contributed by atoms with van der Waals surface area (Å²) >= 11 is 0. The van der Waals surface area contributed by atoms with Crippen molar-refractivity contribution in [2.45, 2.75) is 38.1 Å². The summed E-state index contributed by atoms with van der Waals surface area (Å²) in [5, 5.41) is 3.08. The first-order valence-electron chi connectivity index (χ1n) is 10.9. The number of nitrogens with one attached hydrogen (secondary N) is 1. The Balaban J connectivity index is 1.27. The minimum atomic E-state index is 0.112. The molecular formula is C22H32N4O3. The number of carbonyl (C=O) groups is 1. The number of nitrogens with zero attached hydrogens (tertiary/aromatic N) is 3. The van der Waals surface area contributed by atoms with E-state index in [-0.39, 0.29) is 11.8 Å². The molecule has 3 heterocycles. The van der Waals surface area contributed by atoms with E-state index in [1.807, 2.05) is 24.3 Å². The molecule has 4 rings (SSSR count). The van der Waals surface area contributed by atoms with E-state index in [2.05, 4.69) is 20.1 Å². The van der Waals surface area contributed by atoms with E-state index < -0.39 is 0 Å². The van der Waals surface area contributed by atoms with E-state index in [9.17, 15) is 4.79 Å². The molecular weight excluding hydrogens is 368 g/mol. The maximum absolute atomic E-state index is 12.5. The second-order valence-corrected chi connectivity index (χ2v) is 8.15. The van der Waals surface area contributed by atoms with Gasteiger partial charge in [-0.15, -0.1) is 0 Å². The Kier molecular flexibility index (Phi) is 6.67. The number of benzene rings is 1. The molecule has 1 aromatic carbocycles. The summed E-state index contributed by atoms with van der Waals surface area (Å²) in [5.74, 6) is 0.316. The number of para-hydroxylation sites is 2. The minimum Gasteiger partial charge on any atom is -0.423 e. The number of carbonyl (C=O) groups excluding carboxylic acids is 1. The van der Waals surface area contributed by atoms with Crippen LogP contribution in [0, 0.1) is 5.92 Å². The highest BCUT2D eigenvalue weighted by atomic mass is 16.5. The monoisotopic (exact) mass is 400 g/mol. The number of amides is 1. The number of piperidine rings is 2. The van der Waals surface area contributed by atoms with E-state index in [1.54, 1.807) is 7.11 Å². The Hall–Kier alpha value is -2.12. The molecule has 2 saturated heterocycles. The molecule has 2 aliphatic rings. The molecule has 0 saturated carbocycles. The van der Waals surface area contributed by atoms with Gasteiger partial charge < -0.3 is 19.4 Å². The van der Waals surface area contributed by atoms with Crippen LogP contribution < -0.4 is 10.2 Å². The van der Waals surface area contributed by atoms with Crippen LogP contribution >= 0.6 is 0 Å². The summed E-state index contributed by atoms with van der Waals surface area (Å²) in [6.45, 7) is 5.26. The molecule has 1 amide bonds. The molecule has 0 radical (unpaired) electrons. The fourth-order valence-electron chi connectivity index (χ4n) is 4.54. The van der Waals surface area contributed by atoms with Crippen LogP contribution in [-0.4, -0.2) is 68.3 Å². The first kappa shape index (κ1) is 20.2. The third-order valence-corrected chi connectivity index (χ3v) is 6.18. The lowest BCUT2D eigenvalue weighted by atomic mass is 9.93. The summed E-state index contributed by atoms with van der Waals surface area (Å²) < 4.78 is 11.0. The Morgan fingerprint density at radius 1 is 1.24 bits per heavy atom. The Morgan fingerprint density at radius 3 is 2.86 bits per heavy atom. The summed E-state index contributed by atoms with van der Waals surface area (Å²) in [6, 6.07) is 9.19. The lowest BCUT2D eigenvalue weighted by molar-refractivity contribution is -0.127. The third kappa shape index (κ3) is 4.90. The molecule has 7 heteroatoms. The molecule has 1 N–H and O–H groups in total. The number of fused-ring (bicyclic) bond motifs is 1. The molecule has 0 aliphatic carbocycles. The van der Waals surface area contributed by atoms with Gasteiger partial charge in [0.1, 0.15) is 5.52 Å². The molecule has 1 aromatic heterocycles. The number of hydrogen-bond acceptors (Lipinski definition) is 6. The average molecular weight is 401 g/mol. The second-order valence-electron chi connectivity index (χ2n) is 8.15. The van der Waals surface area contributed by atoms with Gasteiger partial charge in [-0.2, -0.15) is 4.98 Å². The summed E-state index contributed by atoms with van der Waals surface area (Å²) in [7, 11) is 1.69. The molecule has 1 atom stereocenters. The molecule has 0 unspecified atom stereocenters. The Labute approximate surface area is 172 Å². The molecule has 2 fully saturated rings. The van der Waals surface area contributed by atoms with Crippen molar-refractivity contribution in [1.29, 1.82) is 0 Å². The number of oxazole rings is 1. The normalized spacial score (nSPS) is 21.6. The zero-order chi connectivity index (χ0) is 20.1. The van der Waals surface area contributed by atoms with Gasteiger partial charge in [-0.1, -0.05) is 12.1 Å². The summed E-state index contributed by atoms with van der Waals surface area (Å²) in [6.07, 6.45) is 5.13. The van der Waals surface area contributed by atoms with Crippen LogP contribution in [0.3, 0.4) is 0 Å². The quantitative estimate of drug-likeness (QED) is 0.721. The van der Waals surface area contributed by atoms with Crippen molar-refractivity contribution < 1.29 is 13.9 Å². The van der Waals surface area contributed by atoms with Gasteiger partial charge in [0, 0.05) is 45.9 Å². The van der Waals surface area contributed by atoms with Gasteiger partial charge in [0.15, 0.2) is 5.58 Å². The lowest BCUT2D eigenvalue weighted by Crippen LogP contribution is -2.51. The Morgan fingerprint density at radius 2 is 2.07 bits per heavy atom. The van der Waals surface area contributed by atoms with Crippen molar-refractivity contribution >= 4 is 23.0 Å². The number of aromatic nitrogens is 1. The van der Waals surface area contributed by atoms with Gasteiger partial charge in [-0.05, 0) is 50.8 Å². The minimum absolute atomic E-state index is 0.112. The smallest absolute Gasteiger partial charge is 0.298 e. The van der Waals surface area contributed by atoms with Crippen LogP contribution in [0.1, 0.15) is 32.1 Å². The predicted molar refractivity (Wildman–Crippen MR) is 113 cm³/mol. The highest BCUT2D eigenvalue weighted by molar-refractivity contribution is 5.79. The van der Waals surface area contributed by atoms with E-state index in [1.165, 1.54) is 0 Å². The maximum Gasteiger partial charge on any atom is 0.298 e. The largest absolute Gasteiger partial charge is 0.423 e. The zero-order valence-electron chi connectivity index (χ0n) is 17.3. The van der Waals surface area contributed by atoms with Crippen LogP contribution in [0.25, 0.3) is 11.1 Å². The third-order valence-electron chi connectivity index (χ3n) is 6.18.